The first-order valence-electron chi connectivity index (χ1n) is 9.12. The summed E-state index contributed by atoms with van der Waals surface area (Å²) in [4.78, 5) is 23.6. The second-order valence-corrected chi connectivity index (χ2v) is 8.16. The highest BCUT2D eigenvalue weighted by molar-refractivity contribution is 8.00. The lowest BCUT2D eigenvalue weighted by atomic mass is 10.2. The van der Waals surface area contributed by atoms with Gasteiger partial charge in [-0.05, 0) is 37.1 Å². The number of thioether (sulfide) groups is 1. The van der Waals surface area contributed by atoms with Crippen LogP contribution < -0.4 is 15.8 Å². The molecule has 2 rings (SSSR count). The second-order valence-electron chi connectivity index (χ2n) is 6.85. The monoisotopic (exact) mass is 405 g/mol. The first kappa shape index (κ1) is 21.7. The quantitative estimate of drug-likeness (QED) is 0.587. The number of nitrogens with two attached hydrogens (primary N) is 1. The van der Waals surface area contributed by atoms with Gasteiger partial charge < -0.3 is 20.4 Å². The van der Waals surface area contributed by atoms with E-state index in [2.05, 4.69) is 29.4 Å². The summed E-state index contributed by atoms with van der Waals surface area (Å²) in [5, 5.41) is 11.6. The van der Waals surface area contributed by atoms with Crippen LogP contribution >= 0.6 is 11.8 Å². The molecule has 0 saturated heterocycles. The van der Waals surface area contributed by atoms with Crippen molar-refractivity contribution < 1.29 is 14.3 Å². The third kappa shape index (κ3) is 6.26. The number of methoxy groups -OCH3 is 1. The molecule has 2 amide bonds. The van der Waals surface area contributed by atoms with Gasteiger partial charge in [0.15, 0.2) is 5.16 Å². The van der Waals surface area contributed by atoms with E-state index in [1.165, 1.54) is 11.8 Å². The minimum Gasteiger partial charge on any atom is -0.497 e. The Morgan fingerprint density at radius 2 is 1.89 bits per heavy atom. The molecule has 0 bridgehead atoms. The molecule has 1 aromatic carbocycles. The molecule has 8 nitrogen and oxygen atoms in total. The lowest BCUT2D eigenvalue weighted by Gasteiger charge is -2.15. The van der Waals surface area contributed by atoms with Crippen LogP contribution in [0.25, 0.3) is 0 Å². The Morgan fingerprint density at radius 3 is 2.46 bits per heavy atom. The number of primary amides is 1. The van der Waals surface area contributed by atoms with Gasteiger partial charge in [-0.3, -0.25) is 9.59 Å². The molecule has 0 saturated carbocycles. The third-order valence-corrected chi connectivity index (χ3v) is 5.03. The summed E-state index contributed by atoms with van der Waals surface area (Å²) in [6.07, 6.45) is 0.649. The van der Waals surface area contributed by atoms with Crippen molar-refractivity contribution in [1.82, 2.24) is 14.8 Å². The topological polar surface area (TPSA) is 112 Å². The highest BCUT2D eigenvalue weighted by Crippen LogP contribution is 2.25. The van der Waals surface area contributed by atoms with Gasteiger partial charge in [-0.1, -0.05) is 25.6 Å². The molecule has 152 valence electrons. The van der Waals surface area contributed by atoms with Crippen LogP contribution in [0.15, 0.2) is 29.4 Å². The van der Waals surface area contributed by atoms with E-state index in [0.717, 1.165) is 5.75 Å². The standard InChI is InChI=1S/C19H27N5O3S/c1-12(2)11-24-17(10-9-16(20)25)22-23-19(24)28-13(3)18(26)21-14-5-7-15(27-4)8-6-14/h5-8,12-13H,9-11H2,1-4H3,(H2,20,25)(H,21,26). The number of ether oxygens (including phenoxy) is 1. The number of rotatable bonds is 10. The molecule has 0 aliphatic carbocycles. The lowest BCUT2D eigenvalue weighted by Crippen LogP contribution is -2.23. The third-order valence-electron chi connectivity index (χ3n) is 3.95. The number of hydrogen-bond donors (Lipinski definition) is 2. The number of amides is 2. The van der Waals surface area contributed by atoms with Gasteiger partial charge in [-0.2, -0.15) is 0 Å². The number of hydrogen-bond acceptors (Lipinski definition) is 6. The lowest BCUT2D eigenvalue weighted by molar-refractivity contribution is -0.118. The van der Waals surface area contributed by atoms with E-state index in [4.69, 9.17) is 10.5 Å². The molecule has 2 aromatic rings. The summed E-state index contributed by atoms with van der Waals surface area (Å²) in [6, 6.07) is 7.16. The van der Waals surface area contributed by atoms with Crippen LogP contribution in [0.4, 0.5) is 5.69 Å². The molecule has 9 heteroatoms. The summed E-state index contributed by atoms with van der Waals surface area (Å²) in [5.41, 5.74) is 5.95. The van der Waals surface area contributed by atoms with Crippen molar-refractivity contribution in [3.8, 4) is 5.75 Å². The highest BCUT2D eigenvalue weighted by atomic mass is 32.2. The van der Waals surface area contributed by atoms with E-state index >= 15 is 0 Å². The SMILES string of the molecule is COc1ccc(NC(=O)C(C)Sc2nnc(CCC(N)=O)n2CC(C)C)cc1. The first-order chi connectivity index (χ1) is 13.3. The van der Waals surface area contributed by atoms with Crippen molar-refractivity contribution in [1.29, 1.82) is 0 Å². The number of carbonyl (C=O) groups is 2. The summed E-state index contributed by atoms with van der Waals surface area (Å²) in [6.45, 7) is 6.70. The Morgan fingerprint density at radius 1 is 1.21 bits per heavy atom. The van der Waals surface area contributed by atoms with Gasteiger partial charge in [-0.25, -0.2) is 0 Å². The minimum atomic E-state index is -0.375. The Bertz CT molecular complexity index is 804. The van der Waals surface area contributed by atoms with E-state index in [0.29, 0.717) is 35.6 Å². The second kappa shape index (κ2) is 10.1. The molecule has 0 aliphatic rings. The zero-order chi connectivity index (χ0) is 20.7. The highest BCUT2D eigenvalue weighted by Gasteiger charge is 2.21. The summed E-state index contributed by atoms with van der Waals surface area (Å²) >= 11 is 1.34. The van der Waals surface area contributed by atoms with Gasteiger partial charge in [0.25, 0.3) is 0 Å². The van der Waals surface area contributed by atoms with Crippen LogP contribution in [0.5, 0.6) is 5.75 Å². The fourth-order valence-electron chi connectivity index (χ4n) is 2.50. The maximum atomic E-state index is 12.5. The maximum Gasteiger partial charge on any atom is 0.237 e. The fraction of sp³-hybridized carbons (Fsp3) is 0.474. The van der Waals surface area contributed by atoms with Crippen LogP contribution in [0.2, 0.25) is 0 Å². The van der Waals surface area contributed by atoms with Crippen LogP contribution in [0.1, 0.15) is 33.0 Å². The molecule has 0 aliphatic heterocycles. The molecule has 1 heterocycles. The number of nitrogens with zero attached hydrogens (tertiary/aromatic N) is 3. The maximum absolute atomic E-state index is 12.5. The van der Waals surface area contributed by atoms with E-state index in [-0.39, 0.29) is 23.5 Å². The number of carbonyl (C=O) groups excluding carboxylic acids is 2. The van der Waals surface area contributed by atoms with Crippen molar-refractivity contribution in [2.45, 2.75) is 50.6 Å². The van der Waals surface area contributed by atoms with Crippen molar-refractivity contribution in [3.05, 3.63) is 30.1 Å². The summed E-state index contributed by atoms with van der Waals surface area (Å²) in [7, 11) is 1.59. The van der Waals surface area contributed by atoms with Gasteiger partial charge >= 0.3 is 0 Å². The van der Waals surface area contributed by atoms with E-state index in [1.807, 2.05) is 11.5 Å². The number of aromatic nitrogens is 3. The van der Waals surface area contributed by atoms with E-state index < -0.39 is 0 Å². The van der Waals surface area contributed by atoms with Crippen LogP contribution in [-0.2, 0) is 22.6 Å². The smallest absolute Gasteiger partial charge is 0.237 e. The molecular formula is C19H27N5O3S. The molecule has 0 spiro atoms. The molecular weight excluding hydrogens is 378 g/mol. The predicted octanol–water partition coefficient (Wildman–Crippen LogP) is 2.48. The van der Waals surface area contributed by atoms with Crippen molar-refractivity contribution in [2.75, 3.05) is 12.4 Å². The van der Waals surface area contributed by atoms with Gasteiger partial charge in [0.2, 0.25) is 11.8 Å². The number of nitrogens with one attached hydrogen (secondary N) is 1. The number of benzene rings is 1. The number of aryl methyl sites for hydroxylation is 1. The Kier molecular flexibility index (Phi) is 7.86. The van der Waals surface area contributed by atoms with Crippen LogP contribution in [-0.4, -0.2) is 38.9 Å². The average Bonchev–Trinajstić information content (AvgIpc) is 3.01. The van der Waals surface area contributed by atoms with Crippen LogP contribution in [0, 0.1) is 5.92 Å². The molecule has 1 atom stereocenters. The fourth-order valence-corrected chi connectivity index (χ4v) is 3.38. The van der Waals surface area contributed by atoms with Crippen molar-refractivity contribution in [3.63, 3.8) is 0 Å². The molecule has 1 unspecified atom stereocenters. The minimum absolute atomic E-state index is 0.132. The largest absolute Gasteiger partial charge is 0.497 e. The Balaban J connectivity index is 2.07. The molecule has 28 heavy (non-hydrogen) atoms. The van der Waals surface area contributed by atoms with Gasteiger partial charge in [0.1, 0.15) is 11.6 Å². The molecule has 3 N–H and O–H groups in total. The Hall–Kier alpha value is -2.55. The van der Waals surface area contributed by atoms with E-state index in [9.17, 15) is 9.59 Å². The Labute approximate surface area is 169 Å². The van der Waals surface area contributed by atoms with E-state index in [1.54, 1.807) is 31.4 Å². The van der Waals surface area contributed by atoms with Gasteiger partial charge in [0.05, 0.1) is 12.4 Å². The molecule has 1 aromatic heterocycles. The number of anilines is 1. The molecule has 0 radical (unpaired) electrons. The first-order valence-corrected chi connectivity index (χ1v) is 10.00. The van der Waals surface area contributed by atoms with Crippen molar-refractivity contribution >= 4 is 29.3 Å². The predicted molar refractivity (Wildman–Crippen MR) is 109 cm³/mol. The van der Waals surface area contributed by atoms with Crippen LogP contribution in [0.3, 0.4) is 0 Å². The summed E-state index contributed by atoms with van der Waals surface area (Å²) in [5.74, 6) is 1.29. The summed E-state index contributed by atoms with van der Waals surface area (Å²) < 4.78 is 7.09. The molecule has 0 fully saturated rings. The van der Waals surface area contributed by atoms with Crippen molar-refractivity contribution in [2.24, 2.45) is 11.7 Å². The zero-order valence-electron chi connectivity index (χ0n) is 16.6. The van der Waals surface area contributed by atoms with Gasteiger partial charge in [0, 0.05) is 25.1 Å². The van der Waals surface area contributed by atoms with Gasteiger partial charge in [-0.15, -0.1) is 10.2 Å². The normalized spacial score (nSPS) is 12.0. The average molecular weight is 406 g/mol. The zero-order valence-corrected chi connectivity index (χ0v) is 17.5.